The number of methoxy groups -OCH3 is 1. The molecule has 0 bridgehead atoms. The Morgan fingerprint density at radius 3 is 2.09 bits per heavy atom. The summed E-state index contributed by atoms with van der Waals surface area (Å²) in [5, 5.41) is 19.0. The molecule has 0 radical (unpaired) electrons. The fourth-order valence-corrected chi connectivity index (χ4v) is 9.41. The Bertz CT molecular complexity index is 3110. The first-order chi connectivity index (χ1) is 32.2. The number of hydrogen-bond acceptors (Lipinski definition) is 11. The van der Waals surface area contributed by atoms with Crippen molar-refractivity contribution < 1.29 is 41.1 Å². The van der Waals surface area contributed by atoms with Gasteiger partial charge in [-0.3, -0.25) is 0 Å². The van der Waals surface area contributed by atoms with Crippen LogP contribution in [-0.2, 0) is 17.2 Å². The van der Waals surface area contributed by atoms with Crippen LogP contribution in [-0.4, -0.2) is 84.1 Å². The number of halogens is 3. The highest BCUT2D eigenvalue weighted by Crippen LogP contribution is 2.42. The molecule has 2 saturated heterocycles. The second-order valence-electron chi connectivity index (χ2n) is 16.8. The monoisotopic (exact) mass is 935 g/mol. The minimum absolute atomic E-state index is 0.000739. The smallest absolute Gasteiger partial charge is 0.418 e. The maximum absolute atomic E-state index is 14.0. The Morgan fingerprint density at radius 1 is 0.791 bits per heavy atom. The predicted octanol–water partition coefficient (Wildman–Crippen LogP) is 11.0. The van der Waals surface area contributed by atoms with Crippen LogP contribution in [0.1, 0.15) is 68.4 Å². The number of nitrogens with one attached hydrogen (secondary N) is 3. The van der Waals surface area contributed by atoms with Crippen molar-refractivity contribution in [3.05, 3.63) is 96.3 Å². The molecule has 3 unspecified atom stereocenters. The summed E-state index contributed by atoms with van der Waals surface area (Å²) in [5.41, 5.74) is 5.12. The van der Waals surface area contributed by atoms with Crippen LogP contribution in [0.2, 0.25) is 0 Å². The molecule has 8 aromatic rings. The molecular formula is C48H48F3N9O6S. The van der Waals surface area contributed by atoms with E-state index in [9.17, 15) is 27.3 Å². The average molecular weight is 936 g/mol. The number of aromatic amines is 2. The molecule has 67 heavy (non-hydrogen) atoms. The fraction of sp³-hybridized carbons (Fsp3) is 0.312. The van der Waals surface area contributed by atoms with E-state index in [1.807, 2.05) is 49.5 Å². The Kier molecular flexibility index (Phi) is 12.5. The van der Waals surface area contributed by atoms with Gasteiger partial charge >= 0.3 is 12.1 Å². The molecule has 15 nitrogen and oxygen atoms in total. The van der Waals surface area contributed by atoms with Gasteiger partial charge in [0, 0.05) is 87.9 Å². The van der Waals surface area contributed by atoms with E-state index in [1.54, 1.807) is 29.4 Å². The summed E-state index contributed by atoms with van der Waals surface area (Å²) in [6.07, 6.45) is 5.25. The number of piperidine rings is 2. The fourth-order valence-electron chi connectivity index (χ4n) is 8.93. The minimum atomic E-state index is -4.56. The van der Waals surface area contributed by atoms with E-state index in [0.29, 0.717) is 46.5 Å². The van der Waals surface area contributed by atoms with Gasteiger partial charge in [-0.1, -0.05) is 10.3 Å². The lowest BCUT2D eigenvalue weighted by atomic mass is 9.99. The number of fused-ring (bicyclic) bond motifs is 2. The molecule has 4 aromatic heterocycles. The number of alkyl halides is 3. The van der Waals surface area contributed by atoms with Crippen LogP contribution in [0.4, 0.5) is 30.2 Å². The van der Waals surface area contributed by atoms with Crippen LogP contribution < -0.4 is 19.3 Å². The second kappa shape index (κ2) is 18.6. The van der Waals surface area contributed by atoms with Gasteiger partial charge in [0.1, 0.15) is 22.4 Å². The molecular weight excluding hydrogens is 888 g/mol. The number of carbonyl (C=O) groups is 1. The number of aromatic nitrogens is 6. The number of hydrogen-bond donors (Lipinski definition) is 4. The lowest BCUT2D eigenvalue weighted by Gasteiger charge is -2.37. The normalized spacial score (nSPS) is 17.1. The first-order valence-electron chi connectivity index (χ1n) is 21.9. The Hall–Kier alpha value is -7.15. The quantitative estimate of drug-likeness (QED) is 0.102. The third-order valence-electron chi connectivity index (χ3n) is 12.3. The standard InChI is InChI=1S/C25H23F3N4O4.C23H25N5O2S/c1-13-5-3-4-8-32(13)20-7-6-14(10-17(20)25(26,27)28)23-30-22(31-36-23)16-9-15-11-19(24(33)34)29-18(15)12-21(16)35-2;1-15-5-3-4-12-28(15)21-9-7-18(14-20(21)27-31(2)29)23-25-22(26-30-23)17-6-8-19-16(13-17)10-11-24-19/h6-7,9-13,29H,3-5,8H2,1-2H3,(H,33,34);6-11,13-15,24,27H,3-5,12H2,1-2H3. The number of aromatic carboxylic acids is 1. The van der Waals surface area contributed by atoms with Gasteiger partial charge < -0.3 is 43.4 Å². The molecule has 0 amide bonds. The Morgan fingerprint density at radius 2 is 1.43 bits per heavy atom. The third kappa shape index (κ3) is 9.45. The number of carboxylic acid groups (broad SMARTS) is 1. The molecule has 10 rings (SSSR count). The van der Waals surface area contributed by atoms with E-state index < -0.39 is 28.7 Å². The van der Waals surface area contributed by atoms with Crippen LogP contribution in [0.25, 0.3) is 67.5 Å². The van der Waals surface area contributed by atoms with Crippen molar-refractivity contribution in [3.63, 3.8) is 0 Å². The number of nitrogens with zero attached hydrogens (tertiary/aromatic N) is 6. The van der Waals surface area contributed by atoms with Gasteiger partial charge in [-0.2, -0.15) is 23.1 Å². The summed E-state index contributed by atoms with van der Waals surface area (Å²) < 4.78 is 73.5. The maximum Gasteiger partial charge on any atom is 0.418 e. The van der Waals surface area contributed by atoms with Gasteiger partial charge in [-0.25, -0.2) is 9.00 Å². The van der Waals surface area contributed by atoms with Crippen molar-refractivity contribution in [2.75, 3.05) is 41.0 Å². The van der Waals surface area contributed by atoms with E-state index in [-0.39, 0.29) is 34.7 Å². The molecule has 2 aliphatic heterocycles. The van der Waals surface area contributed by atoms with Gasteiger partial charge in [0.2, 0.25) is 11.6 Å². The Balaban J connectivity index is 0.000000170. The zero-order chi connectivity index (χ0) is 47.0. The molecule has 0 aliphatic carbocycles. The van der Waals surface area contributed by atoms with Crippen LogP contribution in [0.15, 0.2) is 94.1 Å². The first-order valence-corrected chi connectivity index (χ1v) is 23.5. The van der Waals surface area contributed by atoms with Crippen LogP contribution >= 0.6 is 0 Å². The highest BCUT2D eigenvalue weighted by molar-refractivity contribution is 7.85. The second-order valence-corrected chi connectivity index (χ2v) is 18.0. The summed E-state index contributed by atoms with van der Waals surface area (Å²) in [5.74, 6) is 0.239. The largest absolute Gasteiger partial charge is 0.496 e. The maximum atomic E-state index is 14.0. The molecule has 2 fully saturated rings. The summed E-state index contributed by atoms with van der Waals surface area (Å²) in [6, 6.07) is 23.2. The molecule has 4 N–H and O–H groups in total. The molecule has 0 saturated carbocycles. The third-order valence-corrected chi connectivity index (χ3v) is 12.9. The topological polar surface area (TPSA) is 192 Å². The zero-order valence-electron chi connectivity index (χ0n) is 37.1. The van der Waals surface area contributed by atoms with Crippen molar-refractivity contribution in [1.29, 1.82) is 0 Å². The van der Waals surface area contributed by atoms with Crippen molar-refractivity contribution in [3.8, 4) is 51.4 Å². The molecule has 19 heteroatoms. The van der Waals surface area contributed by atoms with Crippen molar-refractivity contribution in [2.45, 2.75) is 70.6 Å². The first kappa shape index (κ1) is 45.0. The van der Waals surface area contributed by atoms with E-state index >= 15 is 0 Å². The molecule has 2 aliphatic rings. The summed E-state index contributed by atoms with van der Waals surface area (Å²) >= 11 is 0. The minimum Gasteiger partial charge on any atom is -0.496 e. The lowest BCUT2D eigenvalue weighted by molar-refractivity contribution is -0.137. The SMILES string of the molecule is CC1CCCCN1c1ccc(-c2nc(-c3ccc4[nH]ccc4c3)no2)cc1NS(C)=O.COc1cc2[nH]c(C(=O)O)cc2cc1-c1noc(-c2ccc(N3CCCCC3C)c(C(F)(F)F)c2)n1. The van der Waals surface area contributed by atoms with E-state index in [0.717, 1.165) is 71.7 Å². The number of carboxylic acids is 1. The highest BCUT2D eigenvalue weighted by Gasteiger charge is 2.37. The molecule has 0 spiro atoms. The summed E-state index contributed by atoms with van der Waals surface area (Å²) in [7, 11) is 0.246. The number of rotatable bonds is 10. The van der Waals surface area contributed by atoms with Gasteiger partial charge in [0.25, 0.3) is 11.8 Å². The van der Waals surface area contributed by atoms with Crippen molar-refractivity contribution in [2.24, 2.45) is 0 Å². The average Bonchev–Trinajstić information content (AvgIpc) is 4.16. The molecule has 4 aromatic carbocycles. The van der Waals surface area contributed by atoms with Gasteiger partial charge in [0.05, 0.1) is 29.6 Å². The van der Waals surface area contributed by atoms with E-state index in [4.69, 9.17) is 13.8 Å². The van der Waals surface area contributed by atoms with Crippen molar-refractivity contribution in [1.82, 2.24) is 30.2 Å². The van der Waals surface area contributed by atoms with Gasteiger partial charge in [-0.05, 0) is 125 Å². The van der Waals surface area contributed by atoms with Crippen LogP contribution in [0.5, 0.6) is 5.75 Å². The van der Waals surface area contributed by atoms with E-state index in [1.165, 1.54) is 32.1 Å². The molecule has 6 heterocycles. The number of anilines is 3. The predicted molar refractivity (Wildman–Crippen MR) is 252 cm³/mol. The van der Waals surface area contributed by atoms with Gasteiger partial charge in [0.15, 0.2) is 0 Å². The number of benzene rings is 4. The van der Waals surface area contributed by atoms with Crippen LogP contribution in [0.3, 0.4) is 0 Å². The van der Waals surface area contributed by atoms with Crippen LogP contribution in [0, 0.1) is 0 Å². The molecule has 3 atom stereocenters. The number of ether oxygens (including phenoxy) is 1. The van der Waals surface area contributed by atoms with E-state index in [2.05, 4.69) is 52.9 Å². The summed E-state index contributed by atoms with van der Waals surface area (Å²) in [4.78, 5) is 30.4. The Labute approximate surface area is 385 Å². The molecule has 348 valence electrons. The summed E-state index contributed by atoms with van der Waals surface area (Å²) in [6.45, 7) is 5.74. The number of H-pyrrole nitrogens is 2. The zero-order valence-corrected chi connectivity index (χ0v) is 37.9. The van der Waals surface area contributed by atoms with Gasteiger partial charge in [-0.15, -0.1) is 0 Å². The lowest BCUT2D eigenvalue weighted by Crippen LogP contribution is -2.38. The van der Waals surface area contributed by atoms with Crippen molar-refractivity contribution >= 4 is 55.8 Å². The highest BCUT2D eigenvalue weighted by atomic mass is 32.2.